The predicted molar refractivity (Wildman–Crippen MR) is 201 cm³/mol. The molecule has 6 rings (SSSR count). The molecule has 0 aliphatic rings. The summed E-state index contributed by atoms with van der Waals surface area (Å²) >= 11 is 1.14. The molecule has 6 aromatic carbocycles. The summed E-state index contributed by atoms with van der Waals surface area (Å²) in [5.41, 5.74) is 13.6. The van der Waals surface area contributed by atoms with E-state index in [1.807, 2.05) is 0 Å². The number of nitrogens with two attached hydrogens (primary N) is 2. The molecule has 0 fully saturated rings. The average molecular weight is 845 g/mol. The Morgan fingerprint density at radius 3 is 1.45 bits per heavy atom. The van der Waals surface area contributed by atoms with Gasteiger partial charge in [0, 0.05) is 15.7 Å². The normalized spacial score (nSPS) is 12.4. The second-order valence-electron chi connectivity index (χ2n) is 11.2. The van der Waals surface area contributed by atoms with Crippen LogP contribution in [0.3, 0.4) is 0 Å². The lowest BCUT2D eigenvalue weighted by Crippen LogP contribution is -2.08. The van der Waals surface area contributed by atoms with Crippen molar-refractivity contribution in [1.29, 1.82) is 0 Å². The van der Waals surface area contributed by atoms with Crippen LogP contribution in [0, 0.1) is 0 Å². The third-order valence-corrected chi connectivity index (χ3v) is 11.0. The average Bonchev–Trinajstić information content (AvgIpc) is 3.16. The lowest BCUT2D eigenvalue weighted by Gasteiger charge is -2.13. The maximum atomic E-state index is 12.0. The highest BCUT2D eigenvalue weighted by molar-refractivity contribution is 7.95. The van der Waals surface area contributed by atoms with Crippen LogP contribution in [0.4, 0.5) is 34.1 Å². The molecule has 0 saturated carbocycles. The molecule has 56 heavy (non-hydrogen) atoms. The molecule has 10 N–H and O–H groups in total. The van der Waals surface area contributed by atoms with E-state index in [-0.39, 0.29) is 38.5 Å². The van der Waals surface area contributed by atoms with Crippen LogP contribution in [0.5, 0.6) is 11.5 Å². The quantitative estimate of drug-likeness (QED) is 0.0135. The first-order valence-corrected chi connectivity index (χ1v) is 19.4. The molecular formula is C32H24N6O14S4. The van der Waals surface area contributed by atoms with E-state index in [0.29, 0.717) is 51.8 Å². The lowest BCUT2D eigenvalue weighted by molar-refractivity contribution is -0.432. The molecule has 24 heteroatoms. The van der Waals surface area contributed by atoms with E-state index < -0.39 is 46.9 Å². The summed E-state index contributed by atoms with van der Waals surface area (Å²) < 4.78 is 75.9. The zero-order chi connectivity index (χ0) is 40.4. The summed E-state index contributed by atoms with van der Waals surface area (Å²) in [5, 5.41) is 62.6. The summed E-state index contributed by atoms with van der Waals surface area (Å²) in [4.78, 5) is -1.41. The SMILES string of the molecule is Nc1c(SOOO)cc(SOOO)c2ccc(N=Nc3ccc(-c4ccc(N=Nc5ccc6c(S(=O)(=O)O)cc(S(=O)(=O)O)c(N)c6c5O)cc4)cc3)c(O)c12. The number of fused-ring (bicyclic) bond motifs is 2. The molecular weight excluding hydrogens is 821 g/mol. The van der Waals surface area contributed by atoms with Gasteiger partial charge in [0.05, 0.1) is 62.5 Å². The standard InChI is InChI=1S/C32H24N6O14S4/c33-29-24(54-52-50-42)13-23(53-51-49-41)19-9-11-21(31(39)27(19)29)37-35-17-5-1-15(2-6-17)16-3-7-18(8-4-16)36-38-22-12-10-20-25(55(43,44)45)14-26(56(46,47)48)30(34)28(20)32(22)40/h1-14,39-42H,33-34H2,(H,43,44,45)(H,46,47,48). The first-order chi connectivity index (χ1) is 26.6. The van der Waals surface area contributed by atoms with Gasteiger partial charge < -0.3 is 21.7 Å². The van der Waals surface area contributed by atoms with Gasteiger partial charge in [-0.1, -0.05) is 46.5 Å². The first-order valence-electron chi connectivity index (χ1n) is 15.1. The van der Waals surface area contributed by atoms with Crippen LogP contribution in [-0.4, -0.2) is 46.7 Å². The summed E-state index contributed by atoms with van der Waals surface area (Å²) in [7, 11) is -10.1. The number of anilines is 2. The second-order valence-corrected chi connectivity index (χ2v) is 15.4. The summed E-state index contributed by atoms with van der Waals surface area (Å²) in [6.07, 6.45) is 0. The maximum absolute atomic E-state index is 12.0. The second kappa shape index (κ2) is 16.3. The number of azo groups is 2. The predicted octanol–water partition coefficient (Wildman–Crippen LogP) is 8.42. The Kier molecular flexibility index (Phi) is 11.7. The first kappa shape index (κ1) is 40.2. The number of nitrogen functional groups attached to an aromatic ring is 2. The van der Waals surface area contributed by atoms with Crippen molar-refractivity contribution in [1.82, 2.24) is 0 Å². The van der Waals surface area contributed by atoms with Gasteiger partial charge in [-0.25, -0.2) is 10.5 Å². The largest absolute Gasteiger partial charge is 0.505 e. The smallest absolute Gasteiger partial charge is 0.296 e. The molecule has 0 atom stereocenters. The zero-order valence-electron chi connectivity index (χ0n) is 27.6. The Balaban J connectivity index is 1.22. The van der Waals surface area contributed by atoms with Crippen LogP contribution in [0.1, 0.15) is 0 Å². The molecule has 0 spiro atoms. The van der Waals surface area contributed by atoms with Crippen molar-refractivity contribution in [3.05, 3.63) is 84.9 Å². The van der Waals surface area contributed by atoms with Crippen molar-refractivity contribution >= 4 is 100.0 Å². The molecule has 0 aromatic heterocycles. The number of nitrogens with zero attached hydrogens (tertiary/aromatic N) is 4. The monoisotopic (exact) mass is 844 g/mol. The van der Waals surface area contributed by atoms with Crippen LogP contribution in [0.25, 0.3) is 32.7 Å². The number of hydrogen-bond acceptors (Lipinski definition) is 20. The number of phenols is 2. The molecule has 0 aliphatic carbocycles. The lowest BCUT2D eigenvalue weighted by atomic mass is 10.1. The molecule has 0 heterocycles. The third-order valence-electron chi connectivity index (χ3n) is 7.92. The Morgan fingerprint density at radius 1 is 0.536 bits per heavy atom. The van der Waals surface area contributed by atoms with Gasteiger partial charge in [0.1, 0.15) is 21.2 Å². The number of rotatable bonds is 13. The summed E-state index contributed by atoms with van der Waals surface area (Å²) in [6.45, 7) is 0. The number of aromatic hydroxyl groups is 2. The van der Waals surface area contributed by atoms with Gasteiger partial charge in [0.2, 0.25) is 0 Å². The van der Waals surface area contributed by atoms with Crippen molar-refractivity contribution in [3.8, 4) is 22.6 Å². The fraction of sp³-hybridized carbons (Fsp3) is 0. The Hall–Kier alpha value is -5.48. The minimum absolute atomic E-state index is 0.0495. The molecule has 0 unspecified atom stereocenters. The highest BCUT2D eigenvalue weighted by Gasteiger charge is 2.27. The van der Waals surface area contributed by atoms with Crippen LogP contribution in [0.2, 0.25) is 0 Å². The van der Waals surface area contributed by atoms with Crippen LogP contribution >= 0.6 is 24.1 Å². The highest BCUT2D eigenvalue weighted by Crippen LogP contribution is 2.47. The molecule has 0 saturated heterocycles. The van der Waals surface area contributed by atoms with Gasteiger partial charge in [0.25, 0.3) is 20.2 Å². The van der Waals surface area contributed by atoms with E-state index in [2.05, 4.69) is 39.2 Å². The van der Waals surface area contributed by atoms with Crippen molar-refractivity contribution in [2.45, 2.75) is 19.6 Å². The van der Waals surface area contributed by atoms with Crippen molar-refractivity contribution < 1.29 is 65.4 Å². The van der Waals surface area contributed by atoms with Crippen LogP contribution in [0.15, 0.2) is 125 Å². The number of phenolic OH excluding ortho intramolecular Hbond substituents is 2. The van der Waals surface area contributed by atoms with E-state index in [1.54, 1.807) is 54.6 Å². The van der Waals surface area contributed by atoms with E-state index in [9.17, 15) is 36.2 Å². The van der Waals surface area contributed by atoms with Gasteiger partial charge in [-0.2, -0.15) is 27.1 Å². The molecule has 0 aliphatic heterocycles. The van der Waals surface area contributed by atoms with E-state index in [1.165, 1.54) is 18.2 Å². The fourth-order valence-electron chi connectivity index (χ4n) is 5.41. The van der Waals surface area contributed by atoms with Gasteiger partial charge >= 0.3 is 0 Å². The Morgan fingerprint density at radius 2 is 0.982 bits per heavy atom. The van der Waals surface area contributed by atoms with Crippen molar-refractivity contribution in [3.63, 3.8) is 0 Å². The minimum atomic E-state index is -5.07. The third kappa shape index (κ3) is 8.35. The van der Waals surface area contributed by atoms with Gasteiger partial charge in [-0.05, 0) is 59.7 Å². The molecule has 20 nitrogen and oxygen atoms in total. The number of benzene rings is 6. The molecule has 0 bridgehead atoms. The molecule has 6 aromatic rings. The number of hydrogen-bond donors (Lipinski definition) is 8. The topological polar surface area (TPSA) is 328 Å². The van der Waals surface area contributed by atoms with Crippen molar-refractivity contribution in [2.75, 3.05) is 11.5 Å². The minimum Gasteiger partial charge on any atom is -0.505 e. The Bertz CT molecular complexity index is 2770. The van der Waals surface area contributed by atoms with E-state index in [0.717, 1.165) is 17.2 Å². The maximum Gasteiger partial charge on any atom is 0.296 e. The van der Waals surface area contributed by atoms with Gasteiger partial charge in [0.15, 0.2) is 11.5 Å². The highest BCUT2D eigenvalue weighted by atomic mass is 32.2. The fourth-order valence-corrected chi connectivity index (χ4v) is 7.91. The van der Waals surface area contributed by atoms with Gasteiger partial charge in [-0.15, -0.1) is 18.9 Å². The van der Waals surface area contributed by atoms with Crippen LogP contribution in [-0.2, 0) is 39.0 Å². The molecule has 0 radical (unpaired) electrons. The molecule has 0 amide bonds. The van der Waals surface area contributed by atoms with Gasteiger partial charge in [-0.3, -0.25) is 9.11 Å². The van der Waals surface area contributed by atoms with E-state index >= 15 is 0 Å². The summed E-state index contributed by atoms with van der Waals surface area (Å²) in [5.74, 6) is -1.09. The summed E-state index contributed by atoms with van der Waals surface area (Å²) in [6, 6.07) is 20.9. The molecule has 290 valence electrons. The van der Waals surface area contributed by atoms with Crippen molar-refractivity contribution in [2.24, 2.45) is 20.5 Å². The Labute approximate surface area is 323 Å². The zero-order valence-corrected chi connectivity index (χ0v) is 30.9. The van der Waals surface area contributed by atoms with E-state index in [4.69, 9.17) is 22.0 Å². The van der Waals surface area contributed by atoms with Crippen LogP contribution < -0.4 is 11.5 Å².